The Kier molecular flexibility index (Phi) is 4.07. The number of nitrogens with zero attached hydrogens (tertiary/aromatic N) is 1. The highest BCUT2D eigenvalue weighted by Crippen LogP contribution is 2.09. The van der Waals surface area contributed by atoms with E-state index in [1.165, 1.54) is 6.20 Å². The summed E-state index contributed by atoms with van der Waals surface area (Å²) in [6, 6.07) is 1.68. The quantitative estimate of drug-likeness (QED) is 0.722. The fourth-order valence-electron chi connectivity index (χ4n) is 0.699. The van der Waals surface area contributed by atoms with Crippen LogP contribution in [0.25, 0.3) is 0 Å². The summed E-state index contributed by atoms with van der Waals surface area (Å²) in [6.45, 7) is 1.85. The predicted molar refractivity (Wildman–Crippen MR) is 46.4 cm³/mol. The Bertz CT molecular complexity index is 278. The van der Waals surface area contributed by atoms with Gasteiger partial charge in [-0.25, -0.2) is 4.79 Å². The van der Waals surface area contributed by atoms with Crippen LogP contribution in [0.3, 0.4) is 0 Å². The van der Waals surface area contributed by atoms with Crippen molar-refractivity contribution < 1.29 is 9.53 Å². The molecule has 1 rings (SSSR count). The van der Waals surface area contributed by atoms with Crippen LogP contribution < -0.4 is 10.5 Å². The minimum Gasteiger partial charge on any atom is -0.409 e. The summed E-state index contributed by atoms with van der Waals surface area (Å²) in [5, 5.41) is 0. The molecular formula is C7H9ClN2O2. The lowest BCUT2D eigenvalue weighted by molar-refractivity contribution is 0.210. The van der Waals surface area contributed by atoms with Crippen LogP contribution in [0.2, 0.25) is 0 Å². The fraction of sp³-hybridized carbons (Fsp3) is 0.143. The first-order chi connectivity index (χ1) is 5.18. The monoisotopic (exact) mass is 188 g/mol. The van der Waals surface area contributed by atoms with Gasteiger partial charge in [-0.05, 0) is 18.6 Å². The third-order valence-electron chi connectivity index (χ3n) is 1.07. The molecule has 1 aromatic heterocycles. The number of hydrogen-bond donors (Lipinski definition) is 1. The van der Waals surface area contributed by atoms with E-state index in [0.717, 1.165) is 5.56 Å². The molecule has 0 aliphatic rings. The van der Waals surface area contributed by atoms with Crippen LogP contribution >= 0.6 is 12.4 Å². The molecule has 5 heteroatoms. The largest absolute Gasteiger partial charge is 0.410 e. The van der Waals surface area contributed by atoms with Crippen LogP contribution in [0.5, 0.6) is 5.75 Å². The maximum absolute atomic E-state index is 10.3. The molecule has 0 bridgehead atoms. The molecule has 0 aliphatic carbocycles. The third kappa shape index (κ3) is 3.21. The van der Waals surface area contributed by atoms with Crippen LogP contribution in [0, 0.1) is 6.92 Å². The Labute approximate surface area is 76.1 Å². The van der Waals surface area contributed by atoms with Gasteiger partial charge in [-0.3, -0.25) is 4.98 Å². The highest BCUT2D eigenvalue weighted by atomic mass is 35.5. The molecule has 1 heterocycles. The lowest BCUT2D eigenvalue weighted by atomic mass is 10.3. The zero-order valence-electron chi connectivity index (χ0n) is 6.48. The van der Waals surface area contributed by atoms with Gasteiger partial charge in [0.15, 0.2) is 5.75 Å². The summed E-state index contributed by atoms with van der Waals surface area (Å²) >= 11 is 0. The Morgan fingerprint density at radius 2 is 2.25 bits per heavy atom. The highest BCUT2D eigenvalue weighted by Gasteiger charge is 1.97. The molecule has 1 amide bonds. The zero-order chi connectivity index (χ0) is 8.27. The number of nitrogens with two attached hydrogens (primary N) is 1. The van der Waals surface area contributed by atoms with Gasteiger partial charge in [0.1, 0.15) is 0 Å². The number of hydrogen-bond acceptors (Lipinski definition) is 3. The van der Waals surface area contributed by atoms with Crippen molar-refractivity contribution >= 4 is 18.5 Å². The number of carbonyl (C=O) groups excluding carboxylic acids is 1. The molecule has 0 radical (unpaired) electrons. The Hall–Kier alpha value is -1.29. The topological polar surface area (TPSA) is 65.2 Å². The van der Waals surface area contributed by atoms with E-state index < -0.39 is 6.09 Å². The number of rotatable bonds is 1. The van der Waals surface area contributed by atoms with E-state index in [4.69, 9.17) is 5.73 Å². The molecule has 66 valence electrons. The maximum Gasteiger partial charge on any atom is 0.410 e. The van der Waals surface area contributed by atoms with Gasteiger partial charge in [-0.2, -0.15) is 0 Å². The predicted octanol–water partition coefficient (Wildman–Crippen LogP) is 1.27. The molecule has 0 fully saturated rings. The van der Waals surface area contributed by atoms with E-state index in [1.54, 1.807) is 12.3 Å². The molecule has 1 aromatic rings. The number of aryl methyl sites for hydroxylation is 1. The molecule has 0 atom stereocenters. The van der Waals surface area contributed by atoms with Crippen LogP contribution in [-0.4, -0.2) is 11.1 Å². The lowest BCUT2D eigenvalue weighted by Gasteiger charge is -1.99. The summed E-state index contributed by atoms with van der Waals surface area (Å²) in [4.78, 5) is 14.1. The first-order valence-corrected chi connectivity index (χ1v) is 3.07. The van der Waals surface area contributed by atoms with Crippen molar-refractivity contribution in [2.24, 2.45) is 5.73 Å². The van der Waals surface area contributed by atoms with Crippen LogP contribution in [0.4, 0.5) is 4.79 Å². The van der Waals surface area contributed by atoms with Gasteiger partial charge in [0.2, 0.25) is 0 Å². The molecule has 0 aromatic carbocycles. The maximum atomic E-state index is 10.3. The number of pyridine rings is 1. The molecule has 2 N–H and O–H groups in total. The highest BCUT2D eigenvalue weighted by molar-refractivity contribution is 5.85. The number of amides is 1. The van der Waals surface area contributed by atoms with Gasteiger partial charge >= 0.3 is 6.09 Å². The number of carbonyl (C=O) groups is 1. The normalized spacial score (nSPS) is 8.42. The van der Waals surface area contributed by atoms with Crippen LogP contribution in [0.15, 0.2) is 18.5 Å². The van der Waals surface area contributed by atoms with Gasteiger partial charge in [0.05, 0.1) is 6.20 Å². The second-order valence-corrected chi connectivity index (χ2v) is 2.12. The van der Waals surface area contributed by atoms with E-state index in [-0.39, 0.29) is 12.4 Å². The summed E-state index contributed by atoms with van der Waals surface area (Å²) in [5.74, 6) is 0.373. The van der Waals surface area contributed by atoms with Crippen molar-refractivity contribution in [1.29, 1.82) is 0 Å². The van der Waals surface area contributed by atoms with Gasteiger partial charge in [-0.15, -0.1) is 12.4 Å². The van der Waals surface area contributed by atoms with Crippen LogP contribution in [-0.2, 0) is 0 Å². The Balaban J connectivity index is 0.00000121. The third-order valence-corrected chi connectivity index (χ3v) is 1.07. The molecule has 0 aliphatic heterocycles. The average Bonchev–Trinajstić information content (AvgIpc) is 1.85. The van der Waals surface area contributed by atoms with Crippen molar-refractivity contribution in [2.75, 3.05) is 0 Å². The van der Waals surface area contributed by atoms with E-state index in [9.17, 15) is 4.79 Å². The minimum absolute atomic E-state index is 0. The molecule has 0 saturated carbocycles. The van der Waals surface area contributed by atoms with E-state index >= 15 is 0 Å². The molecule has 0 spiro atoms. The van der Waals surface area contributed by atoms with Gasteiger partial charge in [0.25, 0.3) is 0 Å². The second-order valence-electron chi connectivity index (χ2n) is 2.12. The summed E-state index contributed by atoms with van der Waals surface area (Å²) in [6.07, 6.45) is 2.27. The first-order valence-electron chi connectivity index (χ1n) is 3.07. The standard InChI is InChI=1S/C7H8N2O2.ClH/c1-5-2-6(4-9-3-5)11-7(8)10;/h2-4H,1H3,(H2,8,10);1H. The molecule has 12 heavy (non-hydrogen) atoms. The average molecular weight is 189 g/mol. The van der Waals surface area contributed by atoms with E-state index in [2.05, 4.69) is 9.72 Å². The minimum atomic E-state index is -0.822. The van der Waals surface area contributed by atoms with Crippen molar-refractivity contribution in [3.05, 3.63) is 24.0 Å². The van der Waals surface area contributed by atoms with E-state index in [0.29, 0.717) is 5.75 Å². The summed E-state index contributed by atoms with van der Waals surface area (Å²) in [7, 11) is 0. The smallest absolute Gasteiger partial charge is 0.409 e. The summed E-state index contributed by atoms with van der Waals surface area (Å²) in [5.41, 5.74) is 5.71. The number of aromatic nitrogens is 1. The molecular weight excluding hydrogens is 180 g/mol. The molecule has 0 unspecified atom stereocenters. The Morgan fingerprint density at radius 3 is 2.75 bits per heavy atom. The zero-order valence-corrected chi connectivity index (χ0v) is 7.30. The first kappa shape index (κ1) is 10.7. The van der Waals surface area contributed by atoms with Crippen molar-refractivity contribution in [2.45, 2.75) is 6.92 Å². The molecule has 4 nitrogen and oxygen atoms in total. The second kappa shape index (κ2) is 4.56. The van der Waals surface area contributed by atoms with Crippen molar-refractivity contribution in [3.8, 4) is 5.75 Å². The van der Waals surface area contributed by atoms with Crippen molar-refractivity contribution in [3.63, 3.8) is 0 Å². The van der Waals surface area contributed by atoms with Gasteiger partial charge in [-0.1, -0.05) is 0 Å². The van der Waals surface area contributed by atoms with Crippen molar-refractivity contribution in [1.82, 2.24) is 4.98 Å². The van der Waals surface area contributed by atoms with Gasteiger partial charge in [0, 0.05) is 6.20 Å². The number of halogens is 1. The SMILES string of the molecule is Cc1cncc(OC(N)=O)c1.Cl. The molecule has 0 saturated heterocycles. The number of primary amides is 1. The fourth-order valence-corrected chi connectivity index (χ4v) is 0.699. The lowest BCUT2D eigenvalue weighted by Crippen LogP contribution is -2.16. The summed E-state index contributed by atoms with van der Waals surface area (Å²) < 4.78 is 4.57. The van der Waals surface area contributed by atoms with Gasteiger partial charge < -0.3 is 10.5 Å². The number of ether oxygens (including phenoxy) is 1. The van der Waals surface area contributed by atoms with Crippen LogP contribution in [0.1, 0.15) is 5.56 Å². The van der Waals surface area contributed by atoms with E-state index in [1.807, 2.05) is 6.92 Å². The Morgan fingerprint density at radius 1 is 1.58 bits per heavy atom.